The molecule has 1 heterocycles. The number of hydrogen-bond donors (Lipinski definition) is 2. The third kappa shape index (κ3) is 1.23. The zero-order chi connectivity index (χ0) is 9.26. The number of aliphatic hydroxyl groups is 1. The van der Waals surface area contributed by atoms with E-state index in [4.69, 9.17) is 5.11 Å². The molecule has 0 saturated carbocycles. The fraction of sp³-hybridized carbons (Fsp3) is 0.100. The van der Waals surface area contributed by atoms with E-state index in [9.17, 15) is 5.11 Å². The summed E-state index contributed by atoms with van der Waals surface area (Å²) in [6, 6.07) is 5.05. The Morgan fingerprint density at radius 2 is 2.00 bits per heavy atom. The second kappa shape index (κ2) is 3.03. The maximum Gasteiger partial charge on any atom is 0.124 e. The molecule has 0 unspecified atom stereocenters. The van der Waals surface area contributed by atoms with Gasteiger partial charge in [-0.05, 0) is 23.1 Å². The molecule has 0 aliphatic rings. The SMILES string of the molecule is OCc1ccc(O)c2cnccc12. The molecule has 66 valence electrons. The van der Waals surface area contributed by atoms with Crippen LogP contribution in [0.4, 0.5) is 0 Å². The van der Waals surface area contributed by atoms with Crippen molar-refractivity contribution >= 4 is 10.8 Å². The topological polar surface area (TPSA) is 53.4 Å². The van der Waals surface area contributed by atoms with Crippen molar-refractivity contribution in [2.24, 2.45) is 0 Å². The highest BCUT2D eigenvalue weighted by molar-refractivity contribution is 5.89. The summed E-state index contributed by atoms with van der Waals surface area (Å²) in [7, 11) is 0. The summed E-state index contributed by atoms with van der Waals surface area (Å²) in [4.78, 5) is 3.91. The Hall–Kier alpha value is -1.61. The molecule has 3 heteroatoms. The number of phenolic OH excluding ortho intramolecular Hbond substituents is 1. The van der Waals surface area contributed by atoms with Gasteiger partial charge in [0.25, 0.3) is 0 Å². The largest absolute Gasteiger partial charge is 0.507 e. The molecule has 0 amide bonds. The molecule has 0 saturated heterocycles. The summed E-state index contributed by atoms with van der Waals surface area (Å²) in [6.45, 7) is -0.0270. The van der Waals surface area contributed by atoms with Crippen LogP contribution in [0.15, 0.2) is 30.6 Å². The van der Waals surface area contributed by atoms with E-state index in [2.05, 4.69) is 4.98 Å². The van der Waals surface area contributed by atoms with Crippen LogP contribution in [0, 0.1) is 0 Å². The average Bonchev–Trinajstić information content (AvgIpc) is 2.19. The van der Waals surface area contributed by atoms with E-state index in [0.29, 0.717) is 5.39 Å². The first kappa shape index (κ1) is 8.01. The highest BCUT2D eigenvalue weighted by Crippen LogP contribution is 2.26. The first-order chi connectivity index (χ1) is 6.33. The first-order valence-corrected chi connectivity index (χ1v) is 3.98. The van der Waals surface area contributed by atoms with Gasteiger partial charge in [0.2, 0.25) is 0 Å². The second-order valence-electron chi connectivity index (χ2n) is 2.82. The molecular formula is C10H9NO2. The molecule has 0 atom stereocenters. The van der Waals surface area contributed by atoms with Crippen molar-refractivity contribution in [3.63, 3.8) is 0 Å². The van der Waals surface area contributed by atoms with Gasteiger partial charge in [-0.1, -0.05) is 6.07 Å². The summed E-state index contributed by atoms with van der Waals surface area (Å²) >= 11 is 0. The highest BCUT2D eigenvalue weighted by Gasteiger charge is 2.03. The van der Waals surface area contributed by atoms with Crippen molar-refractivity contribution in [2.45, 2.75) is 6.61 Å². The Morgan fingerprint density at radius 1 is 1.15 bits per heavy atom. The third-order valence-corrected chi connectivity index (χ3v) is 2.06. The number of aromatic hydroxyl groups is 1. The van der Waals surface area contributed by atoms with Crippen molar-refractivity contribution in [3.05, 3.63) is 36.2 Å². The van der Waals surface area contributed by atoms with Crippen LogP contribution >= 0.6 is 0 Å². The van der Waals surface area contributed by atoms with Crippen LogP contribution in [-0.4, -0.2) is 15.2 Å². The molecule has 0 radical (unpaired) electrons. The predicted molar refractivity (Wildman–Crippen MR) is 49.3 cm³/mol. The van der Waals surface area contributed by atoms with Crippen LogP contribution < -0.4 is 0 Å². The van der Waals surface area contributed by atoms with E-state index >= 15 is 0 Å². The van der Waals surface area contributed by atoms with Crippen LogP contribution in [0.25, 0.3) is 10.8 Å². The molecule has 2 aromatic rings. The predicted octanol–water partition coefficient (Wildman–Crippen LogP) is 1.43. The normalized spacial score (nSPS) is 10.5. The number of aromatic nitrogens is 1. The van der Waals surface area contributed by atoms with E-state index in [1.54, 1.807) is 30.6 Å². The molecule has 0 bridgehead atoms. The van der Waals surface area contributed by atoms with Gasteiger partial charge in [0.1, 0.15) is 5.75 Å². The van der Waals surface area contributed by atoms with E-state index in [-0.39, 0.29) is 12.4 Å². The van der Waals surface area contributed by atoms with Gasteiger partial charge >= 0.3 is 0 Å². The average molecular weight is 175 g/mol. The second-order valence-corrected chi connectivity index (χ2v) is 2.82. The Kier molecular flexibility index (Phi) is 1.87. The number of fused-ring (bicyclic) bond motifs is 1. The molecule has 0 aliphatic heterocycles. The number of pyridine rings is 1. The van der Waals surface area contributed by atoms with Gasteiger partial charge < -0.3 is 10.2 Å². The minimum Gasteiger partial charge on any atom is -0.507 e. The summed E-state index contributed by atoms with van der Waals surface area (Å²) < 4.78 is 0. The smallest absolute Gasteiger partial charge is 0.124 e. The lowest BCUT2D eigenvalue weighted by Crippen LogP contribution is -1.86. The molecule has 13 heavy (non-hydrogen) atoms. The van der Waals surface area contributed by atoms with Gasteiger partial charge in [0.15, 0.2) is 0 Å². The van der Waals surface area contributed by atoms with E-state index < -0.39 is 0 Å². The summed E-state index contributed by atoms with van der Waals surface area (Å²) in [6.07, 6.45) is 3.23. The Bertz CT molecular complexity index is 440. The van der Waals surface area contributed by atoms with E-state index in [0.717, 1.165) is 10.9 Å². The highest BCUT2D eigenvalue weighted by atomic mass is 16.3. The zero-order valence-corrected chi connectivity index (χ0v) is 6.94. The van der Waals surface area contributed by atoms with Crippen molar-refractivity contribution < 1.29 is 10.2 Å². The van der Waals surface area contributed by atoms with Crippen molar-refractivity contribution in [1.82, 2.24) is 4.98 Å². The zero-order valence-electron chi connectivity index (χ0n) is 6.94. The quantitative estimate of drug-likeness (QED) is 0.689. The van der Waals surface area contributed by atoms with Gasteiger partial charge in [0.05, 0.1) is 6.61 Å². The van der Waals surface area contributed by atoms with Crippen molar-refractivity contribution in [3.8, 4) is 5.75 Å². The number of phenols is 1. The lowest BCUT2D eigenvalue weighted by Gasteiger charge is -2.04. The molecule has 2 rings (SSSR count). The van der Waals surface area contributed by atoms with Crippen molar-refractivity contribution in [2.75, 3.05) is 0 Å². The van der Waals surface area contributed by atoms with Crippen LogP contribution in [0.5, 0.6) is 5.75 Å². The van der Waals surface area contributed by atoms with Crippen LogP contribution in [0.3, 0.4) is 0 Å². The fourth-order valence-corrected chi connectivity index (χ4v) is 1.38. The van der Waals surface area contributed by atoms with E-state index in [1.807, 2.05) is 0 Å². The lowest BCUT2D eigenvalue weighted by atomic mass is 10.1. The van der Waals surface area contributed by atoms with Crippen molar-refractivity contribution in [1.29, 1.82) is 0 Å². The Labute approximate surface area is 75.3 Å². The van der Waals surface area contributed by atoms with Gasteiger partial charge in [-0.15, -0.1) is 0 Å². The van der Waals surface area contributed by atoms with Crippen LogP contribution in [0.1, 0.15) is 5.56 Å². The maximum absolute atomic E-state index is 9.47. The minimum absolute atomic E-state index is 0.0270. The first-order valence-electron chi connectivity index (χ1n) is 3.98. The third-order valence-electron chi connectivity index (χ3n) is 2.06. The molecule has 1 aromatic heterocycles. The summed E-state index contributed by atoms with van der Waals surface area (Å²) in [5.74, 6) is 0.195. The van der Waals surface area contributed by atoms with Gasteiger partial charge in [-0.25, -0.2) is 0 Å². The van der Waals surface area contributed by atoms with E-state index in [1.165, 1.54) is 0 Å². The molecule has 3 nitrogen and oxygen atoms in total. The lowest BCUT2D eigenvalue weighted by molar-refractivity contribution is 0.283. The number of rotatable bonds is 1. The fourth-order valence-electron chi connectivity index (χ4n) is 1.38. The molecule has 0 spiro atoms. The monoisotopic (exact) mass is 175 g/mol. The van der Waals surface area contributed by atoms with Gasteiger partial charge in [-0.2, -0.15) is 0 Å². The number of benzene rings is 1. The van der Waals surface area contributed by atoms with Crippen LogP contribution in [0.2, 0.25) is 0 Å². The Balaban J connectivity index is 2.84. The van der Waals surface area contributed by atoms with Gasteiger partial charge in [0, 0.05) is 17.8 Å². The summed E-state index contributed by atoms with van der Waals surface area (Å²) in [5.41, 5.74) is 0.801. The molecule has 2 N–H and O–H groups in total. The standard InChI is InChI=1S/C10H9NO2/c12-6-7-1-2-10(13)9-5-11-4-3-8(7)9/h1-5,12-13H,6H2. The van der Waals surface area contributed by atoms with Gasteiger partial charge in [-0.3, -0.25) is 4.98 Å². The molecular weight excluding hydrogens is 166 g/mol. The molecule has 0 aliphatic carbocycles. The number of nitrogens with zero attached hydrogens (tertiary/aromatic N) is 1. The number of hydrogen-bond acceptors (Lipinski definition) is 3. The molecule has 1 aromatic carbocycles. The van der Waals surface area contributed by atoms with Crippen LogP contribution in [-0.2, 0) is 6.61 Å². The Morgan fingerprint density at radius 3 is 2.77 bits per heavy atom. The minimum atomic E-state index is -0.0270. The number of aliphatic hydroxyl groups excluding tert-OH is 1. The maximum atomic E-state index is 9.47. The summed E-state index contributed by atoms with van der Waals surface area (Å²) in [5, 5.41) is 20.0. The molecule has 0 fully saturated rings.